The van der Waals surface area contributed by atoms with Crippen LogP contribution in [0.15, 0.2) is 17.4 Å². The lowest BCUT2D eigenvalue weighted by Gasteiger charge is -2.34. The molecule has 0 saturated carbocycles. The summed E-state index contributed by atoms with van der Waals surface area (Å²) in [6.45, 7) is 6.24. The maximum absolute atomic E-state index is 7.37. The molecule has 18 heavy (non-hydrogen) atoms. The number of hydrazone groups is 1. The average molecular weight is 248 g/mol. The van der Waals surface area contributed by atoms with Gasteiger partial charge in [-0.25, -0.2) is 4.98 Å². The number of anilines is 2. The van der Waals surface area contributed by atoms with Crippen LogP contribution in [0.4, 0.5) is 11.8 Å². The summed E-state index contributed by atoms with van der Waals surface area (Å²) in [5, 5.41) is 10.9. The molecule has 0 spiro atoms. The number of nitrogens with two attached hydrogens (primary N) is 1. The predicted octanol–water partition coefficient (Wildman–Crippen LogP) is -0.480. The van der Waals surface area contributed by atoms with E-state index in [9.17, 15) is 0 Å². The number of nitrogens with zero attached hydrogens (tertiary/aromatic N) is 5. The molecular weight excluding hydrogens is 232 g/mol. The lowest BCUT2D eigenvalue weighted by atomic mass is 10.3. The highest BCUT2D eigenvalue weighted by atomic mass is 15.4. The van der Waals surface area contributed by atoms with Crippen LogP contribution >= 0.6 is 0 Å². The molecule has 2 heterocycles. The first-order chi connectivity index (χ1) is 8.70. The monoisotopic (exact) mass is 248 g/mol. The highest BCUT2D eigenvalue weighted by Crippen LogP contribution is 2.13. The van der Waals surface area contributed by atoms with Gasteiger partial charge in [0.2, 0.25) is 5.95 Å². The number of rotatable bonds is 3. The molecule has 8 heteroatoms. The van der Waals surface area contributed by atoms with Gasteiger partial charge in [0.15, 0.2) is 11.8 Å². The molecule has 0 unspecified atom stereocenters. The Balaban J connectivity index is 2.02. The van der Waals surface area contributed by atoms with E-state index in [1.807, 2.05) is 9.80 Å². The highest BCUT2D eigenvalue weighted by molar-refractivity contribution is 5.74. The minimum Gasteiger partial charge on any atom is -0.370 e. The minimum absolute atomic E-state index is 0.113. The van der Waals surface area contributed by atoms with Gasteiger partial charge in [0.1, 0.15) is 0 Å². The van der Waals surface area contributed by atoms with Gasteiger partial charge >= 0.3 is 0 Å². The van der Waals surface area contributed by atoms with Crippen molar-refractivity contribution in [2.45, 2.75) is 0 Å². The number of hydrogen-bond donors (Lipinski definition) is 3. The van der Waals surface area contributed by atoms with Gasteiger partial charge in [-0.15, -0.1) is 0 Å². The van der Waals surface area contributed by atoms with Crippen molar-refractivity contribution in [3.8, 4) is 0 Å². The molecule has 0 atom stereocenters. The summed E-state index contributed by atoms with van der Waals surface area (Å²) in [7, 11) is 0. The van der Waals surface area contributed by atoms with Crippen molar-refractivity contribution >= 4 is 24.4 Å². The summed E-state index contributed by atoms with van der Waals surface area (Å²) in [6.07, 6.45) is 1.67. The Bertz CT molecular complexity index is 437. The van der Waals surface area contributed by atoms with Crippen LogP contribution in [0.3, 0.4) is 0 Å². The van der Waals surface area contributed by atoms with Crippen LogP contribution < -0.4 is 16.1 Å². The summed E-state index contributed by atoms with van der Waals surface area (Å²) >= 11 is 0. The van der Waals surface area contributed by atoms with Crippen molar-refractivity contribution in [2.75, 3.05) is 36.5 Å². The van der Waals surface area contributed by atoms with E-state index < -0.39 is 0 Å². The molecular formula is C10H16N8. The predicted molar refractivity (Wildman–Crippen MR) is 70.9 cm³/mol. The van der Waals surface area contributed by atoms with Crippen LogP contribution in [-0.4, -0.2) is 53.7 Å². The van der Waals surface area contributed by atoms with Crippen LogP contribution in [0.5, 0.6) is 0 Å². The van der Waals surface area contributed by atoms with Gasteiger partial charge < -0.3 is 15.5 Å². The zero-order valence-electron chi connectivity index (χ0n) is 10.0. The molecule has 0 amide bonds. The molecule has 1 fully saturated rings. The maximum atomic E-state index is 7.37. The summed E-state index contributed by atoms with van der Waals surface area (Å²) in [4.78, 5) is 12.4. The highest BCUT2D eigenvalue weighted by Gasteiger charge is 2.19. The fourth-order valence-electron chi connectivity index (χ4n) is 1.79. The third kappa shape index (κ3) is 2.65. The van der Waals surface area contributed by atoms with Gasteiger partial charge in [-0.1, -0.05) is 0 Å². The van der Waals surface area contributed by atoms with Crippen molar-refractivity contribution in [3.63, 3.8) is 0 Å². The van der Waals surface area contributed by atoms with Gasteiger partial charge in [-0.05, 0) is 0 Å². The topological polar surface area (TPSA) is 107 Å². The summed E-state index contributed by atoms with van der Waals surface area (Å²) in [5.74, 6) is 1.37. The van der Waals surface area contributed by atoms with Crippen LogP contribution in [0.1, 0.15) is 0 Å². The first-order valence-electron chi connectivity index (χ1n) is 5.59. The molecule has 1 aromatic heterocycles. The molecule has 1 aromatic rings. The zero-order valence-corrected chi connectivity index (χ0v) is 10.0. The van der Waals surface area contributed by atoms with Crippen LogP contribution in [0.2, 0.25) is 0 Å². The Morgan fingerprint density at radius 3 is 2.78 bits per heavy atom. The Labute approximate surface area is 105 Å². The Hall–Kier alpha value is -2.38. The van der Waals surface area contributed by atoms with Crippen molar-refractivity contribution in [2.24, 2.45) is 10.8 Å². The fraction of sp³-hybridized carbons (Fsp3) is 0.400. The molecule has 0 aliphatic carbocycles. The fourth-order valence-corrected chi connectivity index (χ4v) is 1.79. The SMILES string of the molecule is C=NNc1ccnc(N2CCN(C(=N)N)CC2)n1. The van der Waals surface area contributed by atoms with Crippen molar-refractivity contribution < 1.29 is 0 Å². The summed E-state index contributed by atoms with van der Waals surface area (Å²) in [5.41, 5.74) is 8.13. The molecule has 96 valence electrons. The number of hydrogen-bond acceptors (Lipinski definition) is 6. The number of guanidine groups is 1. The van der Waals surface area contributed by atoms with E-state index in [0.717, 1.165) is 13.1 Å². The molecule has 1 saturated heterocycles. The molecule has 0 aromatic carbocycles. The molecule has 0 radical (unpaired) electrons. The first kappa shape index (κ1) is 12.1. The smallest absolute Gasteiger partial charge is 0.227 e. The van der Waals surface area contributed by atoms with E-state index in [-0.39, 0.29) is 5.96 Å². The van der Waals surface area contributed by atoms with E-state index in [1.54, 1.807) is 12.3 Å². The summed E-state index contributed by atoms with van der Waals surface area (Å²) in [6, 6.07) is 1.73. The van der Waals surface area contributed by atoms with Crippen LogP contribution in [0.25, 0.3) is 0 Å². The van der Waals surface area contributed by atoms with Crippen LogP contribution in [-0.2, 0) is 0 Å². The van der Waals surface area contributed by atoms with Crippen molar-refractivity contribution in [3.05, 3.63) is 12.3 Å². The maximum Gasteiger partial charge on any atom is 0.227 e. The summed E-state index contributed by atoms with van der Waals surface area (Å²) < 4.78 is 0. The Morgan fingerprint density at radius 1 is 1.44 bits per heavy atom. The second kappa shape index (κ2) is 5.30. The lowest BCUT2D eigenvalue weighted by Crippen LogP contribution is -2.51. The van der Waals surface area contributed by atoms with E-state index in [1.165, 1.54) is 0 Å². The molecule has 1 aliphatic rings. The third-order valence-electron chi connectivity index (χ3n) is 2.74. The third-order valence-corrected chi connectivity index (χ3v) is 2.74. The van der Waals surface area contributed by atoms with E-state index in [0.29, 0.717) is 24.9 Å². The van der Waals surface area contributed by atoms with Crippen LogP contribution in [0, 0.1) is 5.41 Å². The molecule has 0 bridgehead atoms. The lowest BCUT2D eigenvalue weighted by molar-refractivity contribution is 0.377. The molecule has 4 N–H and O–H groups in total. The second-order valence-corrected chi connectivity index (χ2v) is 3.87. The van der Waals surface area contributed by atoms with Gasteiger partial charge in [-0.2, -0.15) is 10.1 Å². The van der Waals surface area contributed by atoms with E-state index in [2.05, 4.69) is 27.2 Å². The van der Waals surface area contributed by atoms with E-state index in [4.69, 9.17) is 11.1 Å². The number of piperazine rings is 1. The minimum atomic E-state index is 0.113. The Morgan fingerprint density at radius 2 is 2.17 bits per heavy atom. The van der Waals surface area contributed by atoms with Gasteiger partial charge in [0.25, 0.3) is 0 Å². The average Bonchev–Trinajstić information content (AvgIpc) is 2.39. The van der Waals surface area contributed by atoms with Gasteiger partial charge in [0, 0.05) is 45.2 Å². The van der Waals surface area contributed by atoms with Gasteiger partial charge in [-0.3, -0.25) is 10.8 Å². The van der Waals surface area contributed by atoms with Gasteiger partial charge in [0.05, 0.1) is 0 Å². The Kier molecular flexibility index (Phi) is 3.56. The molecule has 2 rings (SSSR count). The van der Waals surface area contributed by atoms with Crippen molar-refractivity contribution in [1.82, 2.24) is 14.9 Å². The van der Waals surface area contributed by atoms with E-state index >= 15 is 0 Å². The zero-order chi connectivity index (χ0) is 13.0. The number of aromatic nitrogens is 2. The molecule has 1 aliphatic heterocycles. The van der Waals surface area contributed by atoms with Crippen molar-refractivity contribution in [1.29, 1.82) is 5.41 Å². The standard InChI is InChI=1S/C10H16N8/c1-13-16-8-2-3-14-10(15-8)18-6-4-17(5-7-18)9(11)12/h2-3H,1,4-7H2,(H3,11,12)(H,14,15,16). The number of nitrogens with one attached hydrogen (secondary N) is 2. The largest absolute Gasteiger partial charge is 0.370 e. The normalized spacial score (nSPS) is 15.3. The first-order valence-corrected chi connectivity index (χ1v) is 5.59. The second-order valence-electron chi connectivity index (χ2n) is 3.87. The molecule has 8 nitrogen and oxygen atoms in total. The quantitative estimate of drug-likeness (QED) is 0.379.